The Hall–Kier alpha value is -0.330. The van der Waals surface area contributed by atoms with Crippen molar-refractivity contribution in [1.82, 2.24) is 4.72 Å². The fourth-order valence-corrected chi connectivity index (χ4v) is 3.68. The third-order valence-corrected chi connectivity index (χ3v) is 4.80. The predicted molar refractivity (Wildman–Crippen MR) is 76.1 cm³/mol. The average molecular weight is 324 g/mol. The van der Waals surface area contributed by atoms with Gasteiger partial charge in [0.2, 0.25) is 10.0 Å². The molecule has 1 aromatic carbocycles. The molecule has 0 bridgehead atoms. The molecule has 1 aliphatic heterocycles. The van der Waals surface area contributed by atoms with Crippen LogP contribution in [0.4, 0.5) is 0 Å². The first-order valence-electron chi connectivity index (χ1n) is 5.99. The van der Waals surface area contributed by atoms with Crippen LogP contribution < -0.4 is 4.72 Å². The van der Waals surface area contributed by atoms with Crippen molar-refractivity contribution in [2.45, 2.75) is 24.7 Å². The van der Waals surface area contributed by atoms with Crippen molar-refractivity contribution in [2.75, 3.05) is 13.2 Å². The van der Waals surface area contributed by atoms with Crippen LogP contribution in [0.5, 0.6) is 0 Å². The monoisotopic (exact) mass is 323 g/mol. The van der Waals surface area contributed by atoms with Crippen molar-refractivity contribution in [3.8, 4) is 0 Å². The molecule has 1 unspecified atom stereocenters. The predicted octanol–water partition coefficient (Wildman–Crippen LogP) is 2.59. The van der Waals surface area contributed by atoms with Gasteiger partial charge in [-0.25, -0.2) is 13.1 Å². The van der Waals surface area contributed by atoms with E-state index in [0.717, 1.165) is 12.8 Å². The second kappa shape index (κ2) is 6.41. The van der Waals surface area contributed by atoms with E-state index in [1.807, 2.05) is 0 Å². The van der Waals surface area contributed by atoms with Crippen LogP contribution in [-0.4, -0.2) is 27.7 Å². The van der Waals surface area contributed by atoms with E-state index in [9.17, 15) is 8.42 Å². The van der Waals surface area contributed by atoms with E-state index in [0.29, 0.717) is 28.8 Å². The van der Waals surface area contributed by atoms with E-state index in [-0.39, 0.29) is 11.9 Å². The summed E-state index contributed by atoms with van der Waals surface area (Å²) in [7, 11) is -3.41. The lowest BCUT2D eigenvalue weighted by Crippen LogP contribution is -2.32. The average Bonchev–Trinajstić information content (AvgIpc) is 2.83. The summed E-state index contributed by atoms with van der Waals surface area (Å²) in [5.41, 5.74) is 0.533. The van der Waals surface area contributed by atoms with Gasteiger partial charge in [-0.05, 0) is 30.5 Å². The van der Waals surface area contributed by atoms with E-state index >= 15 is 0 Å². The number of ether oxygens (including phenoxy) is 1. The molecule has 0 aliphatic carbocycles. The first-order valence-corrected chi connectivity index (χ1v) is 8.40. The SMILES string of the molecule is O=S(=O)(Cc1ccc(Cl)cc1Cl)NCC1CCCO1. The van der Waals surface area contributed by atoms with Gasteiger partial charge in [0.05, 0.1) is 11.9 Å². The van der Waals surface area contributed by atoms with Crippen LogP contribution in [0.2, 0.25) is 10.0 Å². The van der Waals surface area contributed by atoms with E-state index in [2.05, 4.69) is 4.72 Å². The summed E-state index contributed by atoms with van der Waals surface area (Å²) in [6.07, 6.45) is 1.86. The van der Waals surface area contributed by atoms with Crippen LogP contribution in [-0.2, 0) is 20.5 Å². The van der Waals surface area contributed by atoms with Crippen molar-refractivity contribution in [3.63, 3.8) is 0 Å². The highest BCUT2D eigenvalue weighted by molar-refractivity contribution is 7.88. The normalized spacial score (nSPS) is 19.8. The van der Waals surface area contributed by atoms with Crippen LogP contribution in [0.3, 0.4) is 0 Å². The van der Waals surface area contributed by atoms with Gasteiger partial charge in [0, 0.05) is 23.2 Å². The molecule has 1 heterocycles. The standard InChI is InChI=1S/C12H15Cl2NO3S/c13-10-4-3-9(12(14)6-10)8-19(16,17)15-7-11-2-1-5-18-11/h3-4,6,11,15H,1-2,5,7-8H2. The number of rotatable bonds is 5. The zero-order valence-corrected chi connectivity index (χ0v) is 12.6. The smallest absolute Gasteiger partial charge is 0.215 e. The number of hydrogen-bond donors (Lipinski definition) is 1. The summed E-state index contributed by atoms with van der Waals surface area (Å²) in [4.78, 5) is 0. The quantitative estimate of drug-likeness (QED) is 0.906. The van der Waals surface area contributed by atoms with Crippen molar-refractivity contribution in [1.29, 1.82) is 0 Å². The van der Waals surface area contributed by atoms with Crippen LogP contribution in [0.25, 0.3) is 0 Å². The molecule has 2 rings (SSSR count). The Morgan fingerprint density at radius 3 is 2.79 bits per heavy atom. The largest absolute Gasteiger partial charge is 0.377 e. The number of nitrogens with one attached hydrogen (secondary N) is 1. The summed E-state index contributed by atoms with van der Waals surface area (Å²) in [5, 5.41) is 0.841. The van der Waals surface area contributed by atoms with Gasteiger partial charge in [0.15, 0.2) is 0 Å². The molecule has 0 aromatic heterocycles. The Morgan fingerprint density at radius 1 is 1.37 bits per heavy atom. The van der Waals surface area contributed by atoms with Gasteiger partial charge in [-0.1, -0.05) is 29.3 Å². The minimum atomic E-state index is -3.41. The van der Waals surface area contributed by atoms with Gasteiger partial charge in [0.1, 0.15) is 0 Å². The van der Waals surface area contributed by atoms with E-state index in [4.69, 9.17) is 27.9 Å². The van der Waals surface area contributed by atoms with Gasteiger partial charge < -0.3 is 4.74 Å². The minimum absolute atomic E-state index is 0.0181. The van der Waals surface area contributed by atoms with Crippen LogP contribution in [0.1, 0.15) is 18.4 Å². The molecule has 1 aliphatic rings. The van der Waals surface area contributed by atoms with Gasteiger partial charge in [-0.2, -0.15) is 0 Å². The zero-order chi connectivity index (χ0) is 13.9. The molecular formula is C12H15Cl2NO3S. The number of halogens is 2. The van der Waals surface area contributed by atoms with Crippen molar-refractivity contribution in [2.24, 2.45) is 0 Å². The van der Waals surface area contributed by atoms with E-state index in [1.165, 1.54) is 6.07 Å². The first kappa shape index (κ1) is 15.1. The number of sulfonamides is 1. The third-order valence-electron chi connectivity index (χ3n) is 2.92. The molecule has 1 N–H and O–H groups in total. The lowest BCUT2D eigenvalue weighted by atomic mass is 10.2. The number of hydrogen-bond acceptors (Lipinski definition) is 3. The Bertz CT molecular complexity index is 542. The molecule has 1 atom stereocenters. The van der Waals surface area contributed by atoms with Crippen molar-refractivity contribution >= 4 is 33.2 Å². The highest BCUT2D eigenvalue weighted by Gasteiger charge is 2.19. The highest BCUT2D eigenvalue weighted by atomic mass is 35.5. The summed E-state index contributed by atoms with van der Waals surface area (Å²) in [6, 6.07) is 4.78. The van der Waals surface area contributed by atoms with Crippen molar-refractivity contribution < 1.29 is 13.2 Å². The summed E-state index contributed by atoms with van der Waals surface area (Å²) in [6.45, 7) is 1.02. The summed E-state index contributed by atoms with van der Waals surface area (Å²) in [5.74, 6) is -0.157. The lowest BCUT2D eigenvalue weighted by molar-refractivity contribution is 0.114. The van der Waals surface area contributed by atoms with Gasteiger partial charge in [-0.15, -0.1) is 0 Å². The van der Waals surface area contributed by atoms with Crippen LogP contribution >= 0.6 is 23.2 Å². The van der Waals surface area contributed by atoms with Crippen LogP contribution in [0.15, 0.2) is 18.2 Å². The summed E-state index contributed by atoms with van der Waals surface area (Å²) < 4.78 is 31.8. The molecule has 7 heteroatoms. The maximum absolute atomic E-state index is 11.9. The highest BCUT2D eigenvalue weighted by Crippen LogP contribution is 2.22. The maximum atomic E-state index is 11.9. The Balaban J connectivity index is 1.96. The minimum Gasteiger partial charge on any atom is -0.377 e. The molecule has 0 amide bonds. The molecular weight excluding hydrogens is 309 g/mol. The van der Waals surface area contributed by atoms with Crippen molar-refractivity contribution in [3.05, 3.63) is 33.8 Å². The summed E-state index contributed by atoms with van der Waals surface area (Å²) >= 11 is 11.7. The Labute approximate surface area is 123 Å². The fraction of sp³-hybridized carbons (Fsp3) is 0.500. The molecule has 1 aromatic rings. The van der Waals surface area contributed by atoms with Gasteiger partial charge in [-0.3, -0.25) is 0 Å². The number of benzene rings is 1. The lowest BCUT2D eigenvalue weighted by Gasteiger charge is -2.12. The Morgan fingerprint density at radius 2 is 2.16 bits per heavy atom. The second-order valence-electron chi connectivity index (χ2n) is 4.48. The molecule has 1 saturated heterocycles. The Kier molecular flexibility index (Phi) is 5.09. The van der Waals surface area contributed by atoms with E-state index in [1.54, 1.807) is 12.1 Å². The molecule has 19 heavy (non-hydrogen) atoms. The second-order valence-corrected chi connectivity index (χ2v) is 7.13. The van der Waals surface area contributed by atoms with E-state index < -0.39 is 10.0 Å². The molecule has 106 valence electrons. The third kappa shape index (κ3) is 4.61. The zero-order valence-electron chi connectivity index (χ0n) is 10.2. The van der Waals surface area contributed by atoms with Gasteiger partial charge in [0.25, 0.3) is 0 Å². The first-order chi connectivity index (χ1) is 8.96. The molecule has 0 radical (unpaired) electrons. The molecule has 1 fully saturated rings. The van der Waals surface area contributed by atoms with Crippen LogP contribution in [0, 0.1) is 0 Å². The molecule has 4 nitrogen and oxygen atoms in total. The molecule has 0 spiro atoms. The van der Waals surface area contributed by atoms with Gasteiger partial charge >= 0.3 is 0 Å². The maximum Gasteiger partial charge on any atom is 0.215 e. The topological polar surface area (TPSA) is 55.4 Å². The molecule has 0 saturated carbocycles. The fourth-order valence-electron chi connectivity index (χ4n) is 1.92.